The van der Waals surface area contributed by atoms with Crippen LogP contribution in [0.2, 0.25) is 0 Å². The summed E-state index contributed by atoms with van der Waals surface area (Å²) in [5, 5.41) is 39.0. The second-order valence-corrected chi connectivity index (χ2v) is 15.7. The number of amides is 2. The topological polar surface area (TPSA) is 250 Å². The zero-order valence-corrected chi connectivity index (χ0v) is 35.4. The van der Waals surface area contributed by atoms with Crippen LogP contribution in [0.4, 0.5) is 11.4 Å². The Balaban J connectivity index is 0.000000192. The van der Waals surface area contributed by atoms with E-state index >= 15 is 0 Å². The fourth-order valence-electron chi connectivity index (χ4n) is 6.88. The van der Waals surface area contributed by atoms with Gasteiger partial charge in [0, 0.05) is 45.7 Å². The van der Waals surface area contributed by atoms with Crippen LogP contribution in [0.25, 0.3) is 0 Å². The number of aromatic nitrogens is 2. The van der Waals surface area contributed by atoms with Crippen LogP contribution in [0.5, 0.6) is 11.5 Å². The molecule has 2 heterocycles. The number of aryl methyl sites for hydroxylation is 2. The maximum Gasteiger partial charge on any atom is 0.259 e. The Morgan fingerprint density at radius 2 is 1.08 bits per heavy atom. The number of pyridine rings is 2. The van der Waals surface area contributed by atoms with Crippen LogP contribution < -0.4 is 31.6 Å². The van der Waals surface area contributed by atoms with Gasteiger partial charge in [0.05, 0.1) is 45.8 Å². The summed E-state index contributed by atoms with van der Waals surface area (Å²) in [6.45, 7) is 4.11. The van der Waals surface area contributed by atoms with Gasteiger partial charge in [0.2, 0.25) is 0 Å². The van der Waals surface area contributed by atoms with Gasteiger partial charge in [-0.25, -0.2) is 0 Å². The number of carbonyl (C=O) groups excluding carboxylic acids is 2. The number of nitrogens with two attached hydrogens (primary N) is 2. The molecule has 0 bridgehead atoms. The highest BCUT2D eigenvalue weighted by Crippen LogP contribution is 2.42. The number of nitrogen functional groups attached to an aromatic ring is 2. The Kier molecular flexibility index (Phi) is 13.4. The number of anilines is 2. The summed E-state index contributed by atoms with van der Waals surface area (Å²) in [6, 6.07) is 35.7. The molecular formula is C50H46N10O4. The van der Waals surface area contributed by atoms with Gasteiger partial charge in [0.25, 0.3) is 11.8 Å². The molecular weight excluding hydrogens is 805 g/mol. The van der Waals surface area contributed by atoms with Crippen LogP contribution in [0.1, 0.15) is 114 Å². The number of nitrogens with zero attached hydrogens (tertiary/aromatic N) is 4. The van der Waals surface area contributed by atoms with E-state index in [0.29, 0.717) is 79.5 Å². The third kappa shape index (κ3) is 11.1. The van der Waals surface area contributed by atoms with Crippen molar-refractivity contribution in [1.82, 2.24) is 9.97 Å². The van der Waals surface area contributed by atoms with Gasteiger partial charge >= 0.3 is 0 Å². The summed E-state index contributed by atoms with van der Waals surface area (Å²) < 4.78 is 12.1. The number of hydrogen-bond acceptors (Lipinski definition) is 10. The van der Waals surface area contributed by atoms with Gasteiger partial charge in [-0.15, -0.1) is 0 Å². The molecule has 8 rings (SSSR count). The second-order valence-electron chi connectivity index (χ2n) is 15.7. The first-order valence-corrected chi connectivity index (χ1v) is 20.7. The average molecular weight is 851 g/mol. The van der Waals surface area contributed by atoms with Crippen LogP contribution >= 0.6 is 0 Å². The van der Waals surface area contributed by atoms with Crippen molar-refractivity contribution >= 4 is 34.9 Å². The highest BCUT2D eigenvalue weighted by atomic mass is 16.5. The number of benzene rings is 4. The summed E-state index contributed by atoms with van der Waals surface area (Å²) >= 11 is 0. The fraction of sp³-hybridized carbons (Fsp3) is 0.200. The quantitative estimate of drug-likeness (QED) is 0.0450. The van der Waals surface area contributed by atoms with Gasteiger partial charge < -0.3 is 31.6 Å². The monoisotopic (exact) mass is 850 g/mol. The van der Waals surface area contributed by atoms with Crippen molar-refractivity contribution < 1.29 is 19.1 Å². The van der Waals surface area contributed by atoms with Gasteiger partial charge in [0.15, 0.2) is 11.5 Å². The molecule has 2 aliphatic carbocycles. The molecule has 14 nitrogen and oxygen atoms in total. The van der Waals surface area contributed by atoms with E-state index in [1.807, 2.05) is 44.2 Å². The number of nitriles is 2. The maximum absolute atomic E-state index is 13.2. The van der Waals surface area contributed by atoms with Gasteiger partial charge in [-0.3, -0.25) is 30.4 Å². The van der Waals surface area contributed by atoms with Crippen molar-refractivity contribution in [2.75, 3.05) is 10.6 Å². The number of hydrogen-bond donors (Lipinski definition) is 6. The van der Waals surface area contributed by atoms with E-state index in [1.54, 1.807) is 78.9 Å². The third-order valence-electron chi connectivity index (χ3n) is 10.6. The Morgan fingerprint density at radius 3 is 1.53 bits per heavy atom. The molecule has 0 spiro atoms. The highest BCUT2D eigenvalue weighted by Gasteiger charge is 2.30. The summed E-state index contributed by atoms with van der Waals surface area (Å²) in [7, 11) is 0. The Labute approximate surface area is 370 Å². The molecule has 2 aliphatic rings. The van der Waals surface area contributed by atoms with Gasteiger partial charge in [-0.1, -0.05) is 30.3 Å². The lowest BCUT2D eigenvalue weighted by Gasteiger charge is -2.16. The largest absolute Gasteiger partial charge is 0.486 e. The van der Waals surface area contributed by atoms with Crippen LogP contribution in [-0.2, 0) is 13.2 Å². The normalized spacial score (nSPS) is 12.6. The zero-order valence-electron chi connectivity index (χ0n) is 35.4. The SMILES string of the molecule is Cc1nc(C2CC2)cc(C(=O)Nc2ccc(C#N)cc2)c1OCc1cccc(C#N)c1.Cc1nc(C2CC2)cc(C(=O)Nc2ccc(C(=N)N)cc2)c1OCc1cccc(C(=N)N)c1. The van der Waals surface area contributed by atoms with E-state index in [9.17, 15) is 9.59 Å². The summed E-state index contributed by atoms with van der Waals surface area (Å²) in [6.07, 6.45) is 4.28. The minimum atomic E-state index is -0.300. The van der Waals surface area contributed by atoms with E-state index in [4.69, 9.17) is 42.3 Å². The van der Waals surface area contributed by atoms with Crippen LogP contribution in [0.3, 0.4) is 0 Å². The first kappa shape index (κ1) is 43.7. The van der Waals surface area contributed by atoms with Crippen molar-refractivity contribution in [3.8, 4) is 23.6 Å². The molecule has 2 fully saturated rings. The standard InChI is InChI=1S/C25H26N6O2.C25H20N4O2/c1-14-22(33-13-15-3-2-4-18(11-15)24(28)29)20(12-21(30-14)16-5-6-16)25(32)31-19-9-7-17(8-10-19)23(26)27;1-16-24(31-15-19-4-2-3-18(11-19)14-27)22(12-23(28-16)20-7-8-20)25(30)29-21-9-5-17(13-26)6-10-21/h2-4,7-12,16H,5-6,13H2,1H3,(H3,26,27)(H3,28,29)(H,31,32);2-6,9-12,20H,7-8,15H2,1H3,(H,29,30). The van der Waals surface area contributed by atoms with Crippen molar-refractivity contribution in [3.05, 3.63) is 176 Å². The van der Waals surface area contributed by atoms with E-state index < -0.39 is 0 Å². The predicted molar refractivity (Wildman–Crippen MR) is 244 cm³/mol. The molecule has 320 valence electrons. The number of ether oxygens (including phenoxy) is 2. The number of nitrogens with one attached hydrogen (secondary N) is 4. The minimum absolute atomic E-state index is 0.0145. The third-order valence-corrected chi connectivity index (χ3v) is 10.6. The molecule has 0 saturated heterocycles. The zero-order chi connectivity index (χ0) is 45.3. The predicted octanol–water partition coefficient (Wildman–Crippen LogP) is 8.51. The molecule has 2 aromatic heterocycles. The van der Waals surface area contributed by atoms with Crippen molar-refractivity contribution in [2.45, 2.75) is 64.6 Å². The molecule has 2 amide bonds. The number of rotatable bonds is 14. The molecule has 0 unspecified atom stereocenters. The first-order chi connectivity index (χ1) is 30.9. The lowest BCUT2D eigenvalue weighted by Crippen LogP contribution is -2.16. The lowest BCUT2D eigenvalue weighted by atomic mass is 10.1. The second kappa shape index (κ2) is 19.6. The molecule has 4 aromatic carbocycles. The number of amidine groups is 2. The lowest BCUT2D eigenvalue weighted by molar-refractivity contribution is 0.101. The summed E-state index contributed by atoms with van der Waals surface area (Å²) in [4.78, 5) is 35.7. The van der Waals surface area contributed by atoms with Crippen LogP contribution in [0.15, 0.2) is 109 Å². The molecule has 6 aromatic rings. The van der Waals surface area contributed by atoms with E-state index in [0.717, 1.165) is 48.2 Å². The highest BCUT2D eigenvalue weighted by molar-refractivity contribution is 6.07. The molecule has 2 saturated carbocycles. The Bertz CT molecular complexity index is 2840. The van der Waals surface area contributed by atoms with Crippen molar-refractivity contribution in [2.24, 2.45) is 11.5 Å². The van der Waals surface area contributed by atoms with E-state index in [2.05, 4.69) is 32.7 Å². The molecule has 0 atom stereocenters. The fourth-order valence-corrected chi connectivity index (χ4v) is 6.88. The van der Waals surface area contributed by atoms with Crippen LogP contribution in [0, 0.1) is 47.3 Å². The Morgan fingerprint density at radius 1 is 0.625 bits per heavy atom. The molecule has 64 heavy (non-hydrogen) atoms. The van der Waals surface area contributed by atoms with Gasteiger partial charge in [0.1, 0.15) is 24.9 Å². The number of carbonyl (C=O) groups is 2. The first-order valence-electron chi connectivity index (χ1n) is 20.7. The molecule has 14 heteroatoms. The van der Waals surface area contributed by atoms with E-state index in [-0.39, 0.29) is 36.7 Å². The molecule has 8 N–H and O–H groups in total. The Hall–Kier alpha value is -8.36. The average Bonchev–Trinajstić information content (AvgIpc) is 4.24. The summed E-state index contributed by atoms with van der Waals surface area (Å²) in [5.74, 6) is 0.982. The van der Waals surface area contributed by atoms with E-state index in [1.165, 1.54) is 0 Å². The smallest absolute Gasteiger partial charge is 0.259 e. The molecule has 0 radical (unpaired) electrons. The van der Waals surface area contributed by atoms with Gasteiger partial charge in [-0.2, -0.15) is 10.5 Å². The van der Waals surface area contributed by atoms with Crippen molar-refractivity contribution in [1.29, 1.82) is 21.3 Å². The van der Waals surface area contributed by atoms with Gasteiger partial charge in [-0.05, 0) is 130 Å². The summed E-state index contributed by atoms with van der Waals surface area (Å²) in [5.41, 5.74) is 20.2. The maximum atomic E-state index is 13.2. The minimum Gasteiger partial charge on any atom is -0.486 e. The molecule has 0 aliphatic heterocycles. The van der Waals surface area contributed by atoms with Crippen molar-refractivity contribution in [3.63, 3.8) is 0 Å². The van der Waals surface area contributed by atoms with Crippen LogP contribution in [-0.4, -0.2) is 33.5 Å².